The molecule has 0 saturated carbocycles. The molecule has 0 aliphatic carbocycles. The first-order chi connectivity index (χ1) is 21.5. The number of carbonyl (C=O) groups is 4. The van der Waals surface area contributed by atoms with E-state index in [4.69, 9.17) is 39.4 Å². The van der Waals surface area contributed by atoms with Crippen molar-refractivity contribution in [3.8, 4) is 0 Å². The number of rotatable bonds is 4. The Morgan fingerprint density at radius 1 is 0.420 bits per heavy atom. The molecule has 4 heterocycles. The average molecular weight is 891 g/mol. The smallest absolute Gasteiger partial charge is 0.332 e. The monoisotopic (exact) mass is 890 g/mol. The number of aliphatic imine (C=N–C) groups is 4. The predicted molar refractivity (Wildman–Crippen MR) is 177 cm³/mol. The molecule has 50 heavy (non-hydrogen) atoms. The third-order valence-corrected chi connectivity index (χ3v) is 5.44. The molecule has 18 heteroatoms. The van der Waals surface area contributed by atoms with Crippen LogP contribution >= 0.6 is 0 Å². The minimum atomic E-state index is -0.482. The minimum Gasteiger partial charge on any atom is -0.497 e. The summed E-state index contributed by atoms with van der Waals surface area (Å²) in [5, 5.41) is 34.8. The number of nitrogens with zero attached hydrogens (tertiary/aromatic N) is 4. The zero-order valence-corrected chi connectivity index (χ0v) is 33.9. The van der Waals surface area contributed by atoms with E-state index in [-0.39, 0.29) is 86.4 Å². The number of esters is 4. The van der Waals surface area contributed by atoms with Crippen molar-refractivity contribution >= 4 is 47.5 Å². The van der Waals surface area contributed by atoms with Crippen LogP contribution in [0.25, 0.3) is 0 Å². The van der Waals surface area contributed by atoms with Gasteiger partial charge in [-0.05, 0) is 83.1 Å². The van der Waals surface area contributed by atoms with E-state index in [1.54, 1.807) is 83.1 Å². The maximum atomic E-state index is 11.1. The summed E-state index contributed by atoms with van der Waals surface area (Å²) in [6.07, 6.45) is 1.26. The van der Waals surface area contributed by atoms with Crippen LogP contribution in [0.1, 0.15) is 109 Å². The van der Waals surface area contributed by atoms with Gasteiger partial charge in [0.25, 0.3) is 0 Å². The van der Waals surface area contributed by atoms with Crippen LogP contribution in [0, 0.1) is 0 Å². The molecule has 0 aromatic heterocycles. The third-order valence-electron chi connectivity index (χ3n) is 5.44. The summed E-state index contributed by atoms with van der Waals surface area (Å²) in [5.41, 5.74) is -1.90. The molecule has 0 unspecified atom stereocenters. The van der Waals surface area contributed by atoms with E-state index in [2.05, 4.69) is 20.0 Å². The number of aliphatic hydroxyl groups is 4. The van der Waals surface area contributed by atoms with Gasteiger partial charge in [0.2, 0.25) is 0 Å². The fourth-order valence-electron chi connectivity index (χ4n) is 3.38. The van der Waals surface area contributed by atoms with Crippen LogP contribution in [0.2, 0.25) is 0 Å². The first-order valence-corrected chi connectivity index (χ1v) is 15.5. The van der Waals surface area contributed by atoms with Gasteiger partial charge < -0.3 is 39.4 Å². The second kappa shape index (κ2) is 19.6. The quantitative estimate of drug-likeness (QED) is 0.177. The molecule has 4 atom stereocenters. The fourth-order valence-corrected chi connectivity index (χ4v) is 3.38. The molecule has 4 rings (SSSR count). The first-order valence-electron chi connectivity index (χ1n) is 15.5. The zero-order valence-electron chi connectivity index (χ0n) is 30.6. The van der Waals surface area contributed by atoms with Gasteiger partial charge in [-0.15, -0.1) is 0 Å². The van der Waals surface area contributed by atoms with E-state index in [1.807, 2.05) is 0 Å². The summed E-state index contributed by atoms with van der Waals surface area (Å²) in [7, 11) is 0. The molecule has 0 aromatic carbocycles. The number of ether oxygens (including phenoxy) is 4. The Balaban J connectivity index is 0. The molecule has 0 aromatic rings. The molecular formula is C32H52N4O12Rh2. The molecule has 0 saturated heterocycles. The van der Waals surface area contributed by atoms with Crippen molar-refractivity contribution in [1.82, 2.24) is 0 Å². The molecule has 0 bridgehead atoms. The molecular weight excluding hydrogens is 838 g/mol. The molecule has 16 nitrogen and oxygen atoms in total. The Morgan fingerprint density at radius 2 is 0.540 bits per heavy atom. The molecule has 290 valence electrons. The Labute approximate surface area is 319 Å². The van der Waals surface area contributed by atoms with Gasteiger partial charge in [0.05, 0.1) is 25.7 Å². The first kappa shape index (κ1) is 49.1. The van der Waals surface area contributed by atoms with Crippen LogP contribution in [-0.2, 0) is 77.1 Å². The van der Waals surface area contributed by atoms with E-state index in [0.717, 1.165) is 0 Å². The minimum absolute atomic E-state index is 0. The van der Waals surface area contributed by atoms with Crippen LogP contribution in [0.5, 0.6) is 0 Å². The zero-order chi connectivity index (χ0) is 37.4. The largest absolute Gasteiger partial charge is 0.497 e. The normalized spacial score (nSPS) is 21.7. The number of carbonyl (C=O) groups excluding carboxylic acids is 4. The van der Waals surface area contributed by atoms with Crippen molar-refractivity contribution in [3.63, 3.8) is 0 Å². The van der Waals surface area contributed by atoms with Gasteiger partial charge in [-0.25, -0.2) is 39.1 Å². The van der Waals surface area contributed by atoms with Crippen molar-refractivity contribution in [1.29, 1.82) is 0 Å². The van der Waals surface area contributed by atoms with Crippen LogP contribution < -0.4 is 0 Å². The second-order valence-corrected chi connectivity index (χ2v) is 15.2. The van der Waals surface area contributed by atoms with Crippen LogP contribution in [0.3, 0.4) is 0 Å². The standard InChI is InChI=1S/4C8H13NO3.2Rh/c4*1-8(2,3)12-7(11)5-4-6(10)9-5;;/h4*5H,4H2,1-3H3,(H,9,10);;/t4*5-;;/m0000../s1. The molecule has 0 spiro atoms. The second-order valence-electron chi connectivity index (χ2n) is 15.2. The van der Waals surface area contributed by atoms with Crippen molar-refractivity contribution in [2.75, 3.05) is 0 Å². The summed E-state index contributed by atoms with van der Waals surface area (Å²) in [5.74, 6) is -1.31. The Hall–Kier alpha value is -2.99. The van der Waals surface area contributed by atoms with Gasteiger partial charge in [-0.2, -0.15) is 0 Å². The van der Waals surface area contributed by atoms with Crippen LogP contribution in [-0.4, -0.2) is 114 Å². The summed E-state index contributed by atoms with van der Waals surface area (Å²) in [4.78, 5) is 59.0. The Kier molecular flexibility index (Phi) is 19.2. The number of aliphatic hydroxyl groups excluding tert-OH is 4. The van der Waals surface area contributed by atoms with Gasteiger partial charge >= 0.3 is 23.9 Å². The van der Waals surface area contributed by atoms with E-state index < -0.39 is 46.6 Å². The van der Waals surface area contributed by atoms with Crippen molar-refractivity contribution in [2.45, 2.75) is 155 Å². The average Bonchev–Trinajstić information content (AvgIpc) is 2.77. The van der Waals surface area contributed by atoms with E-state index in [1.165, 1.54) is 0 Å². The number of hydrogen-bond acceptors (Lipinski definition) is 12. The van der Waals surface area contributed by atoms with Crippen molar-refractivity contribution < 1.29 is 97.5 Å². The van der Waals surface area contributed by atoms with Crippen molar-refractivity contribution in [3.05, 3.63) is 0 Å². The molecule has 4 N–H and O–H groups in total. The Morgan fingerprint density at radius 3 is 0.620 bits per heavy atom. The Bertz CT molecular complexity index is 1120. The topological polar surface area (TPSA) is 236 Å². The van der Waals surface area contributed by atoms with Crippen molar-refractivity contribution in [2.24, 2.45) is 20.0 Å². The predicted octanol–water partition coefficient (Wildman–Crippen LogP) is 4.22. The molecule has 0 amide bonds. The van der Waals surface area contributed by atoms with Gasteiger partial charge in [-0.3, -0.25) is 0 Å². The van der Waals surface area contributed by atoms with Crippen LogP contribution in [0.4, 0.5) is 0 Å². The number of hydrogen-bond donors (Lipinski definition) is 4. The van der Waals surface area contributed by atoms with E-state index in [9.17, 15) is 19.2 Å². The van der Waals surface area contributed by atoms with Gasteiger partial charge in [0.1, 0.15) is 22.4 Å². The fraction of sp³-hybridized carbons (Fsp3) is 0.750. The maximum Gasteiger partial charge on any atom is 0.332 e. The summed E-state index contributed by atoms with van der Waals surface area (Å²) >= 11 is 0. The van der Waals surface area contributed by atoms with Gasteiger partial charge in [0, 0.05) is 39.0 Å². The van der Waals surface area contributed by atoms with E-state index in [0.29, 0.717) is 25.7 Å². The molecule has 0 fully saturated rings. The summed E-state index contributed by atoms with van der Waals surface area (Å²) in [6, 6.07) is -1.93. The maximum absolute atomic E-state index is 11.1. The summed E-state index contributed by atoms with van der Waals surface area (Å²) < 4.78 is 20.1. The molecule has 4 aliphatic rings. The molecule has 2 radical (unpaired) electrons. The summed E-state index contributed by atoms with van der Waals surface area (Å²) in [6.45, 7) is 21.6. The van der Waals surface area contributed by atoms with E-state index >= 15 is 0 Å². The van der Waals surface area contributed by atoms with Gasteiger partial charge in [-0.1, -0.05) is 0 Å². The molecule has 4 aliphatic heterocycles. The van der Waals surface area contributed by atoms with Crippen LogP contribution in [0.15, 0.2) is 20.0 Å². The third kappa shape index (κ3) is 20.6. The SMILES string of the molecule is CC(C)(C)OC(=O)[C@@H]1CC(O)=N1.CC(C)(C)OC(=O)[C@@H]1CC(O)=N1.CC(C)(C)OC(=O)[C@@H]1CC(O)=N1.CC(C)(C)OC(=O)[C@@H]1CC(O)=N1.[Rh].[Rh]. The van der Waals surface area contributed by atoms with Gasteiger partial charge in [0.15, 0.2) is 47.8 Å².